The number of carboxylic acids is 1. The second-order valence-corrected chi connectivity index (χ2v) is 9.51. The van der Waals surface area contributed by atoms with E-state index in [0.717, 1.165) is 30.8 Å². The second-order valence-electron chi connectivity index (χ2n) is 8.70. The Labute approximate surface area is 216 Å². The Balaban J connectivity index is 1.61. The molecule has 4 heterocycles. The van der Waals surface area contributed by atoms with Crippen molar-refractivity contribution in [1.82, 2.24) is 19.3 Å². The minimum Gasteiger partial charge on any atom is -0.477 e. The van der Waals surface area contributed by atoms with Gasteiger partial charge in [-0.05, 0) is 44.0 Å². The van der Waals surface area contributed by atoms with Crippen molar-refractivity contribution >= 4 is 45.8 Å². The quantitative estimate of drug-likeness (QED) is 0.394. The summed E-state index contributed by atoms with van der Waals surface area (Å²) in [7, 11) is 1.80. The van der Waals surface area contributed by atoms with Gasteiger partial charge in [-0.1, -0.05) is 23.2 Å². The van der Waals surface area contributed by atoms with Crippen LogP contribution >= 0.6 is 23.2 Å². The predicted molar refractivity (Wildman–Crippen MR) is 138 cm³/mol. The van der Waals surface area contributed by atoms with Crippen LogP contribution in [0, 0.1) is 6.92 Å². The smallest absolute Gasteiger partial charge is 0.341 e. The van der Waals surface area contributed by atoms with Crippen LogP contribution in [0.3, 0.4) is 0 Å². The molecule has 0 saturated carbocycles. The molecule has 1 aliphatic heterocycles. The summed E-state index contributed by atoms with van der Waals surface area (Å²) in [5.74, 6) is -0.931. The number of carboxylic acid groups (broad SMARTS) is 1. The molecule has 1 aliphatic rings. The molecule has 9 nitrogen and oxygen atoms in total. The number of fused-ring (bicyclic) bond motifs is 1. The van der Waals surface area contributed by atoms with Crippen molar-refractivity contribution in [2.45, 2.75) is 25.8 Å². The molecule has 1 fully saturated rings. The molecule has 1 saturated heterocycles. The number of anilines is 1. The maximum Gasteiger partial charge on any atom is 0.341 e. The molecule has 1 N–H and O–H groups in total. The Kier molecular flexibility index (Phi) is 6.36. The van der Waals surface area contributed by atoms with Crippen LogP contribution in [-0.2, 0) is 7.05 Å². The second kappa shape index (κ2) is 9.48. The maximum atomic E-state index is 13.1. The number of carbonyl (C=O) groups is 1. The van der Waals surface area contributed by atoms with Crippen molar-refractivity contribution in [2.75, 3.05) is 18.1 Å². The topological polar surface area (TPSA) is 102 Å². The lowest BCUT2D eigenvalue weighted by Gasteiger charge is -2.28. The highest BCUT2D eigenvalue weighted by Crippen LogP contribution is 2.36. The zero-order chi connectivity index (χ0) is 25.6. The van der Waals surface area contributed by atoms with E-state index in [-0.39, 0.29) is 17.0 Å². The van der Waals surface area contributed by atoms with Crippen molar-refractivity contribution in [3.63, 3.8) is 0 Å². The molecule has 3 aromatic heterocycles. The van der Waals surface area contributed by atoms with Gasteiger partial charge in [0.25, 0.3) is 0 Å². The van der Waals surface area contributed by atoms with Crippen molar-refractivity contribution in [2.24, 2.45) is 7.05 Å². The van der Waals surface area contributed by atoms with Gasteiger partial charge in [0.1, 0.15) is 17.2 Å². The van der Waals surface area contributed by atoms with Crippen molar-refractivity contribution in [3.8, 4) is 11.6 Å². The van der Waals surface area contributed by atoms with E-state index in [2.05, 4.69) is 15.0 Å². The summed E-state index contributed by atoms with van der Waals surface area (Å²) in [6.07, 6.45) is 6.43. The molecular weight excluding hydrogens is 505 g/mol. The van der Waals surface area contributed by atoms with Crippen LogP contribution in [0.5, 0.6) is 5.88 Å². The van der Waals surface area contributed by atoms with Crippen LogP contribution in [0.15, 0.2) is 47.7 Å². The summed E-state index contributed by atoms with van der Waals surface area (Å²) in [5.41, 5.74) is 1.83. The first-order chi connectivity index (χ1) is 17.3. The van der Waals surface area contributed by atoms with Crippen LogP contribution in [0.1, 0.15) is 28.9 Å². The van der Waals surface area contributed by atoms with Gasteiger partial charge in [-0.3, -0.25) is 9.48 Å². The van der Waals surface area contributed by atoms with Gasteiger partial charge in [0, 0.05) is 31.4 Å². The number of halogens is 2. The molecule has 4 aromatic rings. The lowest BCUT2D eigenvalue weighted by atomic mass is 10.1. The predicted octanol–water partition coefficient (Wildman–Crippen LogP) is 4.48. The van der Waals surface area contributed by atoms with E-state index in [1.807, 2.05) is 13.0 Å². The minimum atomic E-state index is -1.30. The third kappa shape index (κ3) is 4.18. The van der Waals surface area contributed by atoms with Gasteiger partial charge >= 0.3 is 5.97 Å². The van der Waals surface area contributed by atoms with Gasteiger partial charge in [-0.15, -0.1) is 0 Å². The fraction of sp³-hybridized carbons (Fsp3) is 0.280. The molecule has 0 aliphatic carbocycles. The van der Waals surface area contributed by atoms with Crippen LogP contribution in [0.25, 0.3) is 16.6 Å². The summed E-state index contributed by atoms with van der Waals surface area (Å²) < 4.78 is 9.29. The molecule has 0 radical (unpaired) electrons. The molecule has 0 unspecified atom stereocenters. The molecule has 0 amide bonds. The first kappa shape index (κ1) is 24.1. The van der Waals surface area contributed by atoms with E-state index in [0.29, 0.717) is 33.7 Å². The Morgan fingerprint density at radius 1 is 1.25 bits per heavy atom. The largest absolute Gasteiger partial charge is 0.477 e. The standard InChI is InChI=1S/C25H23Cl2N5O4/c1-14-22(11-29-30(14)2)32-12-17(25(34)35)23(33)16-9-19(27)21(10-20(16)32)31-8-4-5-15(31)13-36-24-18(26)6-3-7-28-24/h3,6-7,9-12,15H,4-5,8,13H2,1-2H3,(H,34,35)/t15-/m1/s1. The fourth-order valence-corrected chi connectivity index (χ4v) is 5.06. The van der Waals surface area contributed by atoms with Gasteiger partial charge in [0.05, 0.1) is 39.8 Å². The minimum absolute atomic E-state index is 0.0108. The number of nitrogens with zero attached hydrogens (tertiary/aromatic N) is 5. The number of benzene rings is 1. The van der Waals surface area contributed by atoms with E-state index in [1.165, 1.54) is 6.20 Å². The molecule has 36 heavy (non-hydrogen) atoms. The number of aromatic nitrogens is 4. The molecule has 0 spiro atoms. The summed E-state index contributed by atoms with van der Waals surface area (Å²) in [6.45, 7) is 2.98. The number of pyridine rings is 2. The van der Waals surface area contributed by atoms with Crippen molar-refractivity contribution in [3.05, 3.63) is 74.4 Å². The summed E-state index contributed by atoms with van der Waals surface area (Å²) >= 11 is 12.9. The summed E-state index contributed by atoms with van der Waals surface area (Å²) in [4.78, 5) is 31.2. The Bertz CT molecular complexity index is 1550. The third-order valence-corrected chi connectivity index (χ3v) is 7.19. The Morgan fingerprint density at radius 2 is 2.06 bits per heavy atom. The number of hydrogen-bond acceptors (Lipinski definition) is 6. The molecular formula is C25H23Cl2N5O4. The summed E-state index contributed by atoms with van der Waals surface area (Å²) in [6, 6.07) is 6.86. The number of hydrogen-bond donors (Lipinski definition) is 1. The van der Waals surface area contributed by atoms with Gasteiger partial charge in [-0.25, -0.2) is 9.78 Å². The average Bonchev–Trinajstić information content (AvgIpc) is 3.45. The highest BCUT2D eigenvalue weighted by atomic mass is 35.5. The SMILES string of the molecule is Cc1c(-n2cc(C(=O)O)c(=O)c3cc(Cl)c(N4CCC[C@@H]4COc4ncccc4Cl)cc32)cnn1C. The van der Waals surface area contributed by atoms with E-state index >= 15 is 0 Å². The van der Waals surface area contributed by atoms with E-state index in [9.17, 15) is 14.7 Å². The van der Waals surface area contributed by atoms with Gasteiger partial charge < -0.3 is 19.3 Å². The monoisotopic (exact) mass is 527 g/mol. The van der Waals surface area contributed by atoms with Crippen LogP contribution in [0.4, 0.5) is 5.69 Å². The first-order valence-electron chi connectivity index (χ1n) is 11.4. The normalized spacial score (nSPS) is 15.6. The highest BCUT2D eigenvalue weighted by Gasteiger charge is 2.29. The van der Waals surface area contributed by atoms with Crippen molar-refractivity contribution in [1.29, 1.82) is 0 Å². The molecule has 0 bridgehead atoms. The number of ether oxygens (including phenoxy) is 1. The number of aryl methyl sites for hydroxylation is 1. The lowest BCUT2D eigenvalue weighted by molar-refractivity contribution is 0.0695. The van der Waals surface area contributed by atoms with Crippen LogP contribution in [-0.4, -0.2) is 49.6 Å². The van der Waals surface area contributed by atoms with E-state index < -0.39 is 11.4 Å². The molecule has 1 atom stereocenters. The van der Waals surface area contributed by atoms with Crippen molar-refractivity contribution < 1.29 is 14.6 Å². The van der Waals surface area contributed by atoms with E-state index in [1.54, 1.807) is 46.9 Å². The van der Waals surface area contributed by atoms with Crippen LogP contribution < -0.4 is 15.1 Å². The highest BCUT2D eigenvalue weighted by molar-refractivity contribution is 6.34. The van der Waals surface area contributed by atoms with Gasteiger partial charge in [-0.2, -0.15) is 5.10 Å². The van der Waals surface area contributed by atoms with Gasteiger partial charge in [0.15, 0.2) is 0 Å². The molecule has 5 rings (SSSR count). The lowest BCUT2D eigenvalue weighted by Crippen LogP contribution is -2.34. The van der Waals surface area contributed by atoms with Crippen LogP contribution in [0.2, 0.25) is 10.0 Å². The van der Waals surface area contributed by atoms with Gasteiger partial charge in [0.2, 0.25) is 11.3 Å². The number of aromatic carboxylic acids is 1. The molecule has 1 aromatic carbocycles. The Hall–Kier alpha value is -3.56. The maximum absolute atomic E-state index is 13.1. The number of rotatable bonds is 6. The Morgan fingerprint density at radius 3 is 2.75 bits per heavy atom. The zero-order valence-electron chi connectivity index (χ0n) is 19.6. The molecule has 11 heteroatoms. The summed E-state index contributed by atoms with van der Waals surface area (Å²) in [5, 5.41) is 15.0. The molecule has 186 valence electrons. The fourth-order valence-electron chi connectivity index (χ4n) is 4.61. The average molecular weight is 528 g/mol. The zero-order valence-corrected chi connectivity index (χ0v) is 21.1. The third-order valence-electron chi connectivity index (χ3n) is 6.60. The van der Waals surface area contributed by atoms with E-state index in [4.69, 9.17) is 27.9 Å². The first-order valence-corrected chi connectivity index (χ1v) is 12.1.